The lowest BCUT2D eigenvalue weighted by molar-refractivity contribution is -0.138. The Labute approximate surface area is 120 Å². The van der Waals surface area contributed by atoms with Gasteiger partial charge in [-0.15, -0.1) is 0 Å². The van der Waals surface area contributed by atoms with Crippen molar-refractivity contribution in [3.05, 3.63) is 0 Å². The van der Waals surface area contributed by atoms with Crippen LogP contribution in [0.2, 0.25) is 0 Å². The molecule has 6 nitrogen and oxygen atoms in total. The predicted molar refractivity (Wildman–Crippen MR) is 75.5 cm³/mol. The molecule has 2 fully saturated rings. The van der Waals surface area contributed by atoms with Gasteiger partial charge >= 0.3 is 5.97 Å². The minimum atomic E-state index is -3.68. The van der Waals surface area contributed by atoms with Gasteiger partial charge in [-0.2, -0.15) is 17.4 Å². The van der Waals surface area contributed by atoms with Crippen molar-refractivity contribution < 1.29 is 18.3 Å². The monoisotopic (exact) mass is 304 g/mol. The van der Waals surface area contributed by atoms with Crippen LogP contribution < -0.4 is 4.72 Å². The quantitative estimate of drug-likeness (QED) is 0.820. The van der Waals surface area contributed by atoms with Crippen LogP contribution >= 0.6 is 0 Å². The molecule has 1 saturated heterocycles. The number of carboxylic acid groups (broad SMARTS) is 1. The highest BCUT2D eigenvalue weighted by molar-refractivity contribution is 7.87. The molecular weight excluding hydrogens is 280 g/mol. The standard InChI is InChI=1S/C13H24N2O4S/c1-11(12(16)17)14-20(18,19)15-9-7-13(8-10-15)5-3-2-4-6-13/h11,14H,2-10H2,1H3,(H,16,17)/t11-/m1/s1. The van der Waals surface area contributed by atoms with Gasteiger partial charge in [0.2, 0.25) is 0 Å². The number of carboxylic acids is 1. The molecule has 2 rings (SSSR count). The first-order valence-electron chi connectivity index (χ1n) is 7.35. The number of hydrogen-bond acceptors (Lipinski definition) is 3. The minimum absolute atomic E-state index is 0.336. The number of hydrogen-bond donors (Lipinski definition) is 2. The van der Waals surface area contributed by atoms with Gasteiger partial charge in [0.15, 0.2) is 0 Å². The fourth-order valence-corrected chi connectivity index (χ4v) is 4.71. The Bertz CT molecular complexity index is 447. The molecule has 2 N–H and O–H groups in total. The van der Waals surface area contributed by atoms with Gasteiger partial charge in [-0.1, -0.05) is 19.3 Å². The van der Waals surface area contributed by atoms with E-state index in [0.29, 0.717) is 18.5 Å². The Hall–Kier alpha value is -0.660. The van der Waals surface area contributed by atoms with Gasteiger partial charge in [-0.05, 0) is 38.0 Å². The van der Waals surface area contributed by atoms with Gasteiger partial charge in [0.1, 0.15) is 6.04 Å². The Morgan fingerprint density at radius 2 is 1.70 bits per heavy atom. The predicted octanol–water partition coefficient (Wildman–Crippen LogP) is 1.34. The second kappa shape index (κ2) is 5.99. The van der Waals surface area contributed by atoms with E-state index in [1.807, 2.05) is 0 Å². The molecule has 1 spiro atoms. The van der Waals surface area contributed by atoms with Crippen molar-refractivity contribution in [3.63, 3.8) is 0 Å². The van der Waals surface area contributed by atoms with E-state index < -0.39 is 22.2 Å². The summed E-state index contributed by atoms with van der Waals surface area (Å²) in [6.45, 7) is 2.34. The summed E-state index contributed by atoms with van der Waals surface area (Å²) in [7, 11) is -3.68. The van der Waals surface area contributed by atoms with Gasteiger partial charge < -0.3 is 5.11 Å². The molecule has 0 unspecified atom stereocenters. The summed E-state index contributed by atoms with van der Waals surface area (Å²) in [6, 6.07) is -1.09. The van der Waals surface area contributed by atoms with E-state index in [9.17, 15) is 13.2 Å². The lowest BCUT2D eigenvalue weighted by atomic mass is 9.68. The first-order chi connectivity index (χ1) is 9.35. The van der Waals surface area contributed by atoms with Crippen molar-refractivity contribution >= 4 is 16.2 Å². The minimum Gasteiger partial charge on any atom is -0.480 e. The smallest absolute Gasteiger partial charge is 0.321 e. The van der Waals surface area contributed by atoms with E-state index in [0.717, 1.165) is 12.8 Å². The molecule has 20 heavy (non-hydrogen) atoms. The third kappa shape index (κ3) is 3.51. The van der Waals surface area contributed by atoms with E-state index in [1.54, 1.807) is 0 Å². The van der Waals surface area contributed by atoms with Crippen LogP contribution in [0.15, 0.2) is 0 Å². The molecule has 116 valence electrons. The van der Waals surface area contributed by atoms with Crippen molar-refractivity contribution in [3.8, 4) is 0 Å². The van der Waals surface area contributed by atoms with E-state index in [-0.39, 0.29) is 0 Å². The Morgan fingerprint density at radius 3 is 2.20 bits per heavy atom. The second-order valence-corrected chi connectivity index (χ2v) is 7.84. The van der Waals surface area contributed by atoms with Gasteiger partial charge in [0.25, 0.3) is 10.2 Å². The second-order valence-electron chi connectivity index (χ2n) is 6.14. The maximum Gasteiger partial charge on any atom is 0.321 e. The average molecular weight is 304 g/mol. The van der Waals surface area contributed by atoms with Crippen LogP contribution in [0.1, 0.15) is 51.9 Å². The van der Waals surface area contributed by atoms with Crippen molar-refractivity contribution in [1.29, 1.82) is 0 Å². The zero-order chi connectivity index (χ0) is 14.8. The van der Waals surface area contributed by atoms with E-state index in [1.165, 1.54) is 43.3 Å². The molecule has 0 aromatic carbocycles. The summed E-state index contributed by atoms with van der Waals surface area (Å²) in [6.07, 6.45) is 8.01. The zero-order valence-corrected chi connectivity index (χ0v) is 12.8. The van der Waals surface area contributed by atoms with E-state index >= 15 is 0 Å². The molecular formula is C13H24N2O4S. The molecule has 0 aromatic heterocycles. The highest BCUT2D eigenvalue weighted by Crippen LogP contribution is 2.44. The summed E-state index contributed by atoms with van der Waals surface area (Å²) in [5.41, 5.74) is 0.336. The normalized spacial score (nSPS) is 25.4. The first-order valence-corrected chi connectivity index (χ1v) is 8.79. The molecule has 0 aromatic rings. The first kappa shape index (κ1) is 15.7. The van der Waals surface area contributed by atoms with Crippen LogP contribution in [0.3, 0.4) is 0 Å². The fraction of sp³-hybridized carbons (Fsp3) is 0.923. The number of aliphatic carboxylic acids is 1. The summed E-state index contributed by atoms with van der Waals surface area (Å²) >= 11 is 0. The molecule has 0 radical (unpaired) electrons. The lowest BCUT2D eigenvalue weighted by Gasteiger charge is -2.43. The highest BCUT2D eigenvalue weighted by Gasteiger charge is 2.39. The zero-order valence-electron chi connectivity index (χ0n) is 12.0. The van der Waals surface area contributed by atoms with Crippen molar-refractivity contribution in [1.82, 2.24) is 9.03 Å². The number of rotatable bonds is 4. The number of nitrogens with one attached hydrogen (secondary N) is 1. The van der Waals surface area contributed by atoms with Crippen LogP contribution in [-0.4, -0.2) is 42.9 Å². The summed E-state index contributed by atoms with van der Waals surface area (Å²) in [5.74, 6) is -1.16. The highest BCUT2D eigenvalue weighted by atomic mass is 32.2. The number of nitrogens with zero attached hydrogens (tertiary/aromatic N) is 1. The molecule has 1 heterocycles. The number of piperidine rings is 1. The molecule has 1 atom stereocenters. The van der Waals surface area contributed by atoms with E-state index in [2.05, 4.69) is 4.72 Å². The molecule has 1 saturated carbocycles. The fourth-order valence-electron chi connectivity index (χ4n) is 3.35. The maximum absolute atomic E-state index is 12.1. The van der Waals surface area contributed by atoms with Crippen LogP contribution in [0.4, 0.5) is 0 Å². The maximum atomic E-state index is 12.1. The van der Waals surface area contributed by atoms with Crippen molar-refractivity contribution in [2.45, 2.75) is 57.9 Å². The summed E-state index contributed by atoms with van der Waals surface area (Å²) in [4.78, 5) is 10.8. The van der Waals surface area contributed by atoms with E-state index in [4.69, 9.17) is 5.11 Å². The van der Waals surface area contributed by atoms with Gasteiger partial charge in [0.05, 0.1) is 0 Å². The Morgan fingerprint density at radius 1 is 1.15 bits per heavy atom. The van der Waals surface area contributed by atoms with Crippen molar-refractivity contribution in [2.75, 3.05) is 13.1 Å². The Balaban J connectivity index is 1.94. The van der Waals surface area contributed by atoms with Gasteiger partial charge in [-0.25, -0.2) is 0 Å². The largest absolute Gasteiger partial charge is 0.480 e. The van der Waals surface area contributed by atoms with Gasteiger partial charge in [0, 0.05) is 13.1 Å². The van der Waals surface area contributed by atoms with Crippen LogP contribution in [0.25, 0.3) is 0 Å². The van der Waals surface area contributed by atoms with Gasteiger partial charge in [-0.3, -0.25) is 4.79 Å². The molecule has 7 heteroatoms. The number of carbonyl (C=O) groups is 1. The Kier molecular flexibility index (Phi) is 4.71. The van der Waals surface area contributed by atoms with Crippen molar-refractivity contribution in [2.24, 2.45) is 5.41 Å². The third-order valence-corrected chi connectivity index (χ3v) is 6.43. The molecule has 0 bridgehead atoms. The molecule has 0 amide bonds. The van der Waals surface area contributed by atoms with Crippen LogP contribution in [0, 0.1) is 5.41 Å². The third-order valence-electron chi connectivity index (χ3n) is 4.73. The average Bonchev–Trinajstić information content (AvgIpc) is 2.39. The summed E-state index contributed by atoms with van der Waals surface area (Å²) < 4.78 is 27.9. The summed E-state index contributed by atoms with van der Waals surface area (Å²) in [5, 5.41) is 8.80. The van der Waals surface area contributed by atoms with Crippen LogP contribution in [-0.2, 0) is 15.0 Å². The topological polar surface area (TPSA) is 86.7 Å². The molecule has 2 aliphatic rings. The molecule has 1 aliphatic carbocycles. The lowest BCUT2D eigenvalue weighted by Crippen LogP contribution is -2.51. The SMILES string of the molecule is C[C@@H](NS(=O)(=O)N1CCC2(CCCCC2)CC1)C(=O)O. The molecule has 1 aliphatic heterocycles. The van der Waals surface area contributed by atoms with Crippen LogP contribution in [0.5, 0.6) is 0 Å².